The second-order valence-electron chi connectivity index (χ2n) is 7.97. The van der Waals surface area contributed by atoms with E-state index in [0.29, 0.717) is 5.52 Å². The molecule has 2 heterocycles. The first-order valence-corrected chi connectivity index (χ1v) is 9.39. The monoisotopic (exact) mass is 385 g/mol. The van der Waals surface area contributed by atoms with Crippen molar-refractivity contribution in [1.29, 1.82) is 0 Å². The summed E-state index contributed by atoms with van der Waals surface area (Å²) in [5.41, 5.74) is 4.52. The average molecular weight is 385 g/mol. The summed E-state index contributed by atoms with van der Waals surface area (Å²) in [6, 6.07) is 15.3. The number of hydrogen-bond donors (Lipinski definition) is 2. The van der Waals surface area contributed by atoms with Gasteiger partial charge < -0.3 is 9.84 Å². The molecule has 146 valence electrons. The van der Waals surface area contributed by atoms with Gasteiger partial charge in [-0.1, -0.05) is 38.8 Å². The maximum Gasteiger partial charge on any atom is 0.222 e. The van der Waals surface area contributed by atoms with Crippen molar-refractivity contribution in [2.24, 2.45) is 0 Å². The summed E-state index contributed by atoms with van der Waals surface area (Å²) < 4.78 is 7.45. The number of hydrogen-bond acceptors (Lipinski definition) is 3. The summed E-state index contributed by atoms with van der Waals surface area (Å²) in [6.07, 6.45) is 5.50. The highest BCUT2D eigenvalue weighted by Gasteiger charge is 2.30. The molecule has 0 unspecified atom stereocenters. The minimum absolute atomic E-state index is 0.0948. The first kappa shape index (κ1) is 18.7. The Morgan fingerprint density at radius 3 is 2.41 bits per heavy atom. The van der Waals surface area contributed by atoms with Gasteiger partial charge in [-0.3, -0.25) is 9.67 Å². The van der Waals surface area contributed by atoms with Gasteiger partial charge in [-0.25, -0.2) is 0 Å². The van der Waals surface area contributed by atoms with E-state index in [1.807, 2.05) is 53.1 Å². The van der Waals surface area contributed by atoms with Crippen LogP contribution in [0.1, 0.15) is 32.0 Å². The van der Waals surface area contributed by atoms with Crippen LogP contribution in [0.5, 0.6) is 11.6 Å². The maximum absolute atomic E-state index is 11.2. The molecule has 0 fully saturated rings. The molecule has 0 saturated heterocycles. The van der Waals surface area contributed by atoms with E-state index in [1.54, 1.807) is 7.11 Å². The van der Waals surface area contributed by atoms with Crippen LogP contribution in [0.2, 0.25) is 0 Å². The number of benzene rings is 2. The minimum atomic E-state index is -0.221. The lowest BCUT2D eigenvalue weighted by Crippen LogP contribution is -2.12. The zero-order chi connectivity index (χ0) is 20.8. The Balaban J connectivity index is 2.14. The lowest BCUT2D eigenvalue weighted by Gasteiger charge is -2.18. The predicted octanol–water partition coefficient (Wildman–Crippen LogP) is 5.01. The molecule has 2 aromatic heterocycles. The number of rotatable bonds is 3. The summed E-state index contributed by atoms with van der Waals surface area (Å²) in [7, 11) is 1.64. The first-order chi connectivity index (χ1) is 13.9. The van der Waals surface area contributed by atoms with Gasteiger partial charge in [0.05, 0.1) is 23.9 Å². The number of aromatic amines is 1. The van der Waals surface area contributed by atoms with Crippen molar-refractivity contribution in [2.75, 3.05) is 7.11 Å². The zero-order valence-corrected chi connectivity index (χ0v) is 16.9. The molecule has 29 heavy (non-hydrogen) atoms. The molecule has 0 atom stereocenters. The highest BCUT2D eigenvalue weighted by atomic mass is 16.5. The fourth-order valence-electron chi connectivity index (χ4n) is 3.66. The number of ether oxygens (including phenoxy) is 1. The van der Waals surface area contributed by atoms with Crippen LogP contribution >= 0.6 is 0 Å². The van der Waals surface area contributed by atoms with Crippen LogP contribution < -0.4 is 4.74 Å². The van der Waals surface area contributed by atoms with Crippen LogP contribution in [0.25, 0.3) is 27.8 Å². The van der Waals surface area contributed by atoms with Gasteiger partial charge in [-0.15, -0.1) is 6.42 Å². The summed E-state index contributed by atoms with van der Waals surface area (Å²) in [6.45, 7) is 6.31. The fraction of sp³-hybridized carbons (Fsp3) is 0.208. The number of methoxy groups -OCH3 is 1. The second-order valence-corrected chi connectivity index (χ2v) is 7.97. The van der Waals surface area contributed by atoms with E-state index in [9.17, 15) is 5.11 Å². The van der Waals surface area contributed by atoms with Gasteiger partial charge in [0.15, 0.2) is 0 Å². The smallest absolute Gasteiger partial charge is 0.222 e. The Morgan fingerprint density at radius 1 is 1.10 bits per heavy atom. The van der Waals surface area contributed by atoms with Crippen LogP contribution in [-0.2, 0) is 5.41 Å². The third-order valence-corrected chi connectivity index (χ3v) is 5.03. The van der Waals surface area contributed by atoms with Crippen molar-refractivity contribution in [1.82, 2.24) is 14.8 Å². The number of aromatic nitrogens is 3. The number of nitrogens with one attached hydrogen (secondary N) is 1. The van der Waals surface area contributed by atoms with Crippen LogP contribution in [0.4, 0.5) is 0 Å². The molecule has 0 radical (unpaired) electrons. The van der Waals surface area contributed by atoms with Gasteiger partial charge in [0.25, 0.3) is 0 Å². The van der Waals surface area contributed by atoms with Crippen LogP contribution in [0.3, 0.4) is 0 Å². The second kappa shape index (κ2) is 6.75. The lowest BCUT2D eigenvalue weighted by atomic mass is 9.89. The Hall–Kier alpha value is -3.65. The molecular weight excluding hydrogens is 362 g/mol. The highest BCUT2D eigenvalue weighted by molar-refractivity contribution is 6.02. The molecule has 0 aliphatic heterocycles. The standard InChI is InChI=1S/C24H23N3O2/c1-6-15-11-13-16(14-12-15)27-21(17-9-7-8-10-18(17)29-5)19-20(23(27)28)25-26-22(19)24(2,3)4/h1,7-14,25,28H,2-5H3. The molecule has 5 heteroatoms. The van der Waals surface area contributed by atoms with Gasteiger partial charge >= 0.3 is 0 Å². The van der Waals surface area contributed by atoms with Gasteiger partial charge in [0.2, 0.25) is 5.88 Å². The SMILES string of the molecule is C#Cc1ccc(-n2c(O)c3[nH]nc(C(C)(C)C)c3c2-c2ccccc2OC)cc1. The first-order valence-electron chi connectivity index (χ1n) is 9.39. The number of nitrogens with zero attached hydrogens (tertiary/aromatic N) is 2. The number of terminal acetylenes is 1. The summed E-state index contributed by atoms with van der Waals surface area (Å²) in [5, 5.41) is 19.6. The van der Waals surface area contributed by atoms with Crippen molar-refractivity contribution in [3.63, 3.8) is 0 Å². The molecule has 0 amide bonds. The molecule has 0 spiro atoms. The van der Waals surface area contributed by atoms with Crippen molar-refractivity contribution in [3.05, 3.63) is 59.8 Å². The zero-order valence-electron chi connectivity index (χ0n) is 16.9. The fourth-order valence-corrected chi connectivity index (χ4v) is 3.66. The van der Waals surface area contributed by atoms with Crippen molar-refractivity contribution < 1.29 is 9.84 Å². The summed E-state index contributed by atoms with van der Waals surface area (Å²) >= 11 is 0. The number of para-hydroxylation sites is 1. The molecule has 0 saturated carbocycles. The Kier molecular flexibility index (Phi) is 4.35. The van der Waals surface area contributed by atoms with Gasteiger partial charge in [-0.2, -0.15) is 5.10 Å². The van der Waals surface area contributed by atoms with Crippen LogP contribution in [-0.4, -0.2) is 27.0 Å². The quantitative estimate of drug-likeness (QED) is 0.487. The van der Waals surface area contributed by atoms with Gasteiger partial charge in [0.1, 0.15) is 11.3 Å². The van der Waals surface area contributed by atoms with Crippen molar-refractivity contribution in [3.8, 4) is 40.9 Å². The summed E-state index contributed by atoms with van der Waals surface area (Å²) in [4.78, 5) is 0. The summed E-state index contributed by atoms with van der Waals surface area (Å²) in [5.74, 6) is 3.44. The third-order valence-electron chi connectivity index (χ3n) is 5.03. The molecule has 5 nitrogen and oxygen atoms in total. The van der Waals surface area contributed by atoms with Crippen LogP contribution in [0, 0.1) is 12.3 Å². The molecule has 2 aromatic carbocycles. The highest BCUT2D eigenvalue weighted by Crippen LogP contribution is 2.45. The van der Waals surface area contributed by atoms with E-state index in [0.717, 1.165) is 39.3 Å². The molecule has 2 N–H and O–H groups in total. The molecule has 0 aliphatic carbocycles. The van der Waals surface area contributed by atoms with E-state index in [-0.39, 0.29) is 11.3 Å². The number of H-pyrrole nitrogens is 1. The maximum atomic E-state index is 11.2. The van der Waals surface area contributed by atoms with Crippen LogP contribution in [0.15, 0.2) is 48.5 Å². The van der Waals surface area contributed by atoms with E-state index >= 15 is 0 Å². The topological polar surface area (TPSA) is 63.1 Å². The van der Waals surface area contributed by atoms with E-state index in [4.69, 9.17) is 11.2 Å². The predicted molar refractivity (Wildman–Crippen MR) is 116 cm³/mol. The molecule has 0 bridgehead atoms. The molecule has 4 rings (SSSR count). The number of aromatic hydroxyl groups is 1. The van der Waals surface area contributed by atoms with E-state index < -0.39 is 0 Å². The largest absolute Gasteiger partial charge is 0.496 e. The molecule has 4 aromatic rings. The Bertz CT molecular complexity index is 1230. The average Bonchev–Trinajstić information content (AvgIpc) is 3.27. The van der Waals surface area contributed by atoms with Gasteiger partial charge in [0, 0.05) is 22.2 Å². The molecule has 0 aliphatic rings. The molecular formula is C24H23N3O2. The Morgan fingerprint density at radius 2 is 1.79 bits per heavy atom. The van der Waals surface area contributed by atoms with Gasteiger partial charge in [-0.05, 0) is 36.4 Å². The minimum Gasteiger partial charge on any atom is -0.496 e. The normalized spacial score (nSPS) is 11.6. The van der Waals surface area contributed by atoms with E-state index in [1.165, 1.54) is 0 Å². The third kappa shape index (κ3) is 2.94. The lowest BCUT2D eigenvalue weighted by molar-refractivity contribution is 0.416. The van der Waals surface area contributed by atoms with E-state index in [2.05, 4.69) is 36.9 Å². The number of fused-ring (bicyclic) bond motifs is 1. The van der Waals surface area contributed by atoms with Crippen molar-refractivity contribution >= 4 is 10.9 Å². The Labute approximate surface area is 170 Å². The van der Waals surface area contributed by atoms with Crippen molar-refractivity contribution in [2.45, 2.75) is 26.2 Å².